The van der Waals surface area contributed by atoms with Crippen molar-refractivity contribution in [3.63, 3.8) is 0 Å². The molecule has 2 N–H and O–H groups in total. The first-order valence-corrected chi connectivity index (χ1v) is 8.15. The van der Waals surface area contributed by atoms with Crippen LogP contribution in [0, 0.1) is 5.41 Å². The van der Waals surface area contributed by atoms with Gasteiger partial charge in [0.25, 0.3) is 0 Å². The van der Waals surface area contributed by atoms with E-state index in [9.17, 15) is 4.79 Å². The summed E-state index contributed by atoms with van der Waals surface area (Å²) in [6, 6.07) is 0. The van der Waals surface area contributed by atoms with E-state index in [4.69, 9.17) is 0 Å². The van der Waals surface area contributed by atoms with Crippen LogP contribution in [0.1, 0.15) is 51.9 Å². The maximum atomic E-state index is 12.6. The summed E-state index contributed by atoms with van der Waals surface area (Å²) >= 11 is 0. The second kappa shape index (κ2) is 7.80. The van der Waals surface area contributed by atoms with E-state index in [2.05, 4.69) is 36.6 Å². The van der Waals surface area contributed by atoms with Crippen LogP contribution in [0.2, 0.25) is 0 Å². The molecule has 0 aromatic carbocycles. The van der Waals surface area contributed by atoms with Crippen LogP contribution in [-0.2, 0) is 4.79 Å². The molecule has 1 amide bonds. The Morgan fingerprint density at radius 3 is 2.33 bits per heavy atom. The van der Waals surface area contributed by atoms with Gasteiger partial charge in [0.1, 0.15) is 0 Å². The molecule has 0 radical (unpaired) electrons. The molecule has 0 bridgehead atoms. The van der Waals surface area contributed by atoms with E-state index in [-0.39, 0.29) is 29.3 Å². The largest absolute Gasteiger partial charge is 0.354 e. The van der Waals surface area contributed by atoms with Crippen molar-refractivity contribution in [3.05, 3.63) is 0 Å². The lowest BCUT2D eigenvalue weighted by Gasteiger charge is -2.44. The highest BCUT2D eigenvalue weighted by Crippen LogP contribution is 2.32. The van der Waals surface area contributed by atoms with Gasteiger partial charge in [-0.15, -0.1) is 12.4 Å². The highest BCUT2D eigenvalue weighted by atomic mass is 35.5. The van der Waals surface area contributed by atoms with E-state index in [1.54, 1.807) is 0 Å². The molecule has 0 spiro atoms. The predicted octanol–water partition coefficient (Wildman–Crippen LogP) is 2.18. The number of piperidine rings is 1. The highest BCUT2D eigenvalue weighted by Gasteiger charge is 2.38. The summed E-state index contributed by atoms with van der Waals surface area (Å²) in [6.45, 7) is 4.75. The van der Waals surface area contributed by atoms with Gasteiger partial charge in [0, 0.05) is 18.6 Å². The van der Waals surface area contributed by atoms with Gasteiger partial charge in [-0.25, -0.2) is 0 Å². The Kier molecular flexibility index (Phi) is 6.95. The van der Waals surface area contributed by atoms with E-state index in [0.717, 1.165) is 32.5 Å². The number of nitrogens with zero attached hydrogens (tertiary/aromatic N) is 1. The molecular formula is C16H32ClN3O. The van der Waals surface area contributed by atoms with Crippen molar-refractivity contribution in [2.24, 2.45) is 5.41 Å². The van der Waals surface area contributed by atoms with Crippen LogP contribution in [-0.4, -0.2) is 50.1 Å². The number of halogens is 1. The molecule has 5 heteroatoms. The molecule has 1 unspecified atom stereocenters. The summed E-state index contributed by atoms with van der Waals surface area (Å²) in [7, 11) is 4.31. The van der Waals surface area contributed by atoms with E-state index >= 15 is 0 Å². The van der Waals surface area contributed by atoms with Gasteiger partial charge in [0.15, 0.2) is 0 Å². The zero-order valence-electron chi connectivity index (χ0n) is 13.8. The number of hydrogen-bond acceptors (Lipinski definition) is 3. The third kappa shape index (κ3) is 4.33. The molecule has 2 fully saturated rings. The van der Waals surface area contributed by atoms with E-state index in [0.29, 0.717) is 0 Å². The molecule has 1 saturated heterocycles. The summed E-state index contributed by atoms with van der Waals surface area (Å²) in [5.41, 5.74) is -0.0488. The van der Waals surface area contributed by atoms with E-state index in [1.807, 2.05) is 0 Å². The minimum atomic E-state index is -0.222. The Morgan fingerprint density at radius 2 is 1.81 bits per heavy atom. The molecule has 124 valence electrons. The third-order valence-corrected chi connectivity index (χ3v) is 5.46. The second-order valence-electron chi connectivity index (χ2n) is 7.20. The van der Waals surface area contributed by atoms with Crippen LogP contribution < -0.4 is 10.6 Å². The molecule has 1 atom stereocenters. The van der Waals surface area contributed by atoms with Crippen molar-refractivity contribution in [1.29, 1.82) is 0 Å². The fraction of sp³-hybridized carbons (Fsp3) is 0.938. The van der Waals surface area contributed by atoms with E-state index in [1.165, 1.54) is 32.1 Å². The van der Waals surface area contributed by atoms with E-state index < -0.39 is 0 Å². The molecule has 1 aliphatic carbocycles. The maximum absolute atomic E-state index is 12.6. The zero-order chi connectivity index (χ0) is 14.6. The fourth-order valence-corrected chi connectivity index (χ4v) is 3.70. The van der Waals surface area contributed by atoms with Crippen LogP contribution >= 0.6 is 12.4 Å². The number of hydrogen-bond donors (Lipinski definition) is 2. The first-order valence-electron chi connectivity index (χ1n) is 8.15. The van der Waals surface area contributed by atoms with Gasteiger partial charge in [-0.05, 0) is 53.2 Å². The first-order chi connectivity index (χ1) is 9.49. The van der Waals surface area contributed by atoms with Crippen molar-refractivity contribution in [3.8, 4) is 0 Å². The number of likely N-dealkylation sites (N-methyl/N-ethyl adjacent to an activating group) is 1. The SMILES string of the molecule is CN(C)C1(CNC(=O)C2(C)CCCNC2)CCCCC1.Cl. The highest BCUT2D eigenvalue weighted by molar-refractivity contribution is 5.85. The topological polar surface area (TPSA) is 44.4 Å². The predicted molar refractivity (Wildman–Crippen MR) is 90.0 cm³/mol. The van der Waals surface area contributed by atoms with Gasteiger partial charge in [-0.2, -0.15) is 0 Å². The van der Waals surface area contributed by atoms with Crippen LogP contribution in [0.4, 0.5) is 0 Å². The summed E-state index contributed by atoms with van der Waals surface area (Å²) in [5, 5.41) is 6.62. The van der Waals surface area contributed by atoms with Crippen LogP contribution in [0.15, 0.2) is 0 Å². The number of nitrogens with one attached hydrogen (secondary N) is 2. The Morgan fingerprint density at radius 1 is 1.14 bits per heavy atom. The number of amides is 1. The lowest BCUT2D eigenvalue weighted by atomic mass is 9.79. The molecule has 0 aromatic rings. The number of carbonyl (C=O) groups excluding carboxylic acids is 1. The Hall–Kier alpha value is -0.320. The Bertz CT molecular complexity index is 334. The van der Waals surface area contributed by atoms with Crippen LogP contribution in [0.5, 0.6) is 0 Å². The summed E-state index contributed by atoms with van der Waals surface area (Å²) < 4.78 is 0. The summed E-state index contributed by atoms with van der Waals surface area (Å²) in [5.74, 6) is 0.233. The van der Waals surface area contributed by atoms with Crippen molar-refractivity contribution in [1.82, 2.24) is 15.5 Å². The van der Waals surface area contributed by atoms with Crippen molar-refractivity contribution in [2.75, 3.05) is 33.7 Å². The molecule has 0 aromatic heterocycles. The second-order valence-corrected chi connectivity index (χ2v) is 7.20. The molecule has 21 heavy (non-hydrogen) atoms. The van der Waals surface area contributed by atoms with Gasteiger partial charge in [-0.3, -0.25) is 4.79 Å². The maximum Gasteiger partial charge on any atom is 0.227 e. The minimum Gasteiger partial charge on any atom is -0.354 e. The van der Waals surface area contributed by atoms with Crippen molar-refractivity contribution < 1.29 is 4.79 Å². The van der Waals surface area contributed by atoms with Crippen LogP contribution in [0.3, 0.4) is 0 Å². The monoisotopic (exact) mass is 317 g/mol. The smallest absolute Gasteiger partial charge is 0.227 e. The average Bonchev–Trinajstić information content (AvgIpc) is 2.46. The molecule has 1 saturated carbocycles. The average molecular weight is 318 g/mol. The lowest BCUT2D eigenvalue weighted by Crippen LogP contribution is -2.57. The zero-order valence-corrected chi connectivity index (χ0v) is 14.7. The normalized spacial score (nSPS) is 28.8. The van der Waals surface area contributed by atoms with Crippen molar-refractivity contribution >= 4 is 18.3 Å². The van der Waals surface area contributed by atoms with Gasteiger partial charge >= 0.3 is 0 Å². The molecule has 2 aliphatic rings. The quantitative estimate of drug-likeness (QED) is 0.835. The standard InChI is InChI=1S/C16H31N3O.ClH/c1-15(8-7-11-17-12-15)14(20)18-13-16(19(2)3)9-5-4-6-10-16;/h17H,4-13H2,1-3H3,(H,18,20);1H. The number of carbonyl (C=O) groups is 1. The lowest BCUT2D eigenvalue weighted by molar-refractivity contribution is -0.131. The van der Waals surface area contributed by atoms with Crippen molar-refractivity contribution in [2.45, 2.75) is 57.4 Å². The fourth-order valence-electron chi connectivity index (χ4n) is 3.70. The molecular weight excluding hydrogens is 286 g/mol. The Labute approximate surface area is 135 Å². The van der Waals surface area contributed by atoms with Gasteiger partial charge in [0.2, 0.25) is 5.91 Å². The molecule has 4 nitrogen and oxygen atoms in total. The molecule has 1 aliphatic heterocycles. The summed E-state index contributed by atoms with van der Waals surface area (Å²) in [6.07, 6.45) is 8.42. The molecule has 1 heterocycles. The van der Waals surface area contributed by atoms with Gasteiger partial charge in [-0.1, -0.05) is 19.3 Å². The Balaban J connectivity index is 0.00000220. The summed E-state index contributed by atoms with van der Waals surface area (Å²) in [4.78, 5) is 14.9. The first kappa shape index (κ1) is 18.7. The number of rotatable bonds is 4. The third-order valence-electron chi connectivity index (χ3n) is 5.46. The van der Waals surface area contributed by atoms with Gasteiger partial charge < -0.3 is 15.5 Å². The minimum absolute atomic E-state index is 0. The van der Waals surface area contributed by atoms with Crippen LogP contribution in [0.25, 0.3) is 0 Å². The van der Waals surface area contributed by atoms with Gasteiger partial charge in [0.05, 0.1) is 5.41 Å². The molecule has 2 rings (SSSR count).